The predicted molar refractivity (Wildman–Crippen MR) is 105 cm³/mol. The van der Waals surface area contributed by atoms with E-state index in [1.807, 2.05) is 20.8 Å². The van der Waals surface area contributed by atoms with Gasteiger partial charge in [0.2, 0.25) is 0 Å². The average molecular weight is 416 g/mol. The van der Waals surface area contributed by atoms with Crippen molar-refractivity contribution in [1.29, 1.82) is 0 Å². The minimum atomic E-state index is -4.40. The lowest BCUT2D eigenvalue weighted by Gasteiger charge is -2.21. The summed E-state index contributed by atoms with van der Waals surface area (Å²) in [5, 5.41) is -1.03. The first-order valence-electron chi connectivity index (χ1n) is 8.53. The van der Waals surface area contributed by atoms with Crippen molar-refractivity contribution >= 4 is 26.6 Å². The maximum absolute atomic E-state index is 12.7. The molecule has 2 aromatic carbocycles. The van der Waals surface area contributed by atoms with Crippen LogP contribution in [0.1, 0.15) is 38.1 Å². The molecule has 0 bridgehead atoms. The SMILES string of the molecule is CC(=O)Oc1ccc(S(=O)(=O)C(=[N+]=[N-])C(=O)c2ccc(OC(C)(C)C)cc2)cc1. The molecule has 0 aliphatic carbocycles. The van der Waals surface area contributed by atoms with Crippen molar-refractivity contribution in [3.05, 3.63) is 59.6 Å². The van der Waals surface area contributed by atoms with Crippen molar-refractivity contribution in [3.63, 3.8) is 0 Å². The standard InChI is InChI=1S/C20H20N2O6S/c1-13(23)27-15-9-11-17(12-10-15)29(25,26)19(22-21)18(24)14-5-7-16(8-6-14)28-20(2,3)4/h5-12H,1-4H3. The molecular weight excluding hydrogens is 396 g/mol. The summed E-state index contributed by atoms with van der Waals surface area (Å²) in [5.41, 5.74) is 8.80. The lowest BCUT2D eigenvalue weighted by Crippen LogP contribution is -2.26. The molecular formula is C20H20N2O6S. The molecule has 0 atom stereocenters. The Morgan fingerprint density at radius 3 is 1.90 bits per heavy atom. The van der Waals surface area contributed by atoms with Gasteiger partial charge in [-0.2, -0.15) is 0 Å². The molecule has 0 heterocycles. The molecule has 2 rings (SSSR count). The Bertz CT molecular complexity index is 1080. The molecule has 0 N–H and O–H groups in total. The highest BCUT2D eigenvalue weighted by atomic mass is 32.2. The van der Waals surface area contributed by atoms with Crippen LogP contribution in [0.5, 0.6) is 11.5 Å². The van der Waals surface area contributed by atoms with Gasteiger partial charge in [0.1, 0.15) is 17.1 Å². The molecule has 8 nitrogen and oxygen atoms in total. The lowest BCUT2D eigenvalue weighted by atomic mass is 10.1. The Labute approximate surface area is 168 Å². The molecule has 152 valence electrons. The van der Waals surface area contributed by atoms with E-state index < -0.39 is 32.2 Å². The highest BCUT2D eigenvalue weighted by Crippen LogP contribution is 2.21. The molecule has 29 heavy (non-hydrogen) atoms. The normalized spacial score (nSPS) is 11.3. The van der Waals surface area contributed by atoms with Crippen LogP contribution in [0.3, 0.4) is 0 Å². The van der Waals surface area contributed by atoms with Crippen LogP contribution in [0.2, 0.25) is 0 Å². The van der Waals surface area contributed by atoms with Gasteiger partial charge < -0.3 is 15.0 Å². The van der Waals surface area contributed by atoms with Gasteiger partial charge in [0.25, 0.3) is 15.6 Å². The van der Waals surface area contributed by atoms with Crippen molar-refractivity contribution in [1.82, 2.24) is 0 Å². The number of nitrogens with zero attached hydrogens (tertiary/aromatic N) is 2. The summed E-state index contributed by atoms with van der Waals surface area (Å²) >= 11 is 0. The number of hydrogen-bond acceptors (Lipinski definition) is 6. The van der Waals surface area contributed by atoms with E-state index in [2.05, 4.69) is 4.79 Å². The lowest BCUT2D eigenvalue weighted by molar-refractivity contribution is -0.131. The maximum atomic E-state index is 12.7. The van der Waals surface area contributed by atoms with Crippen LogP contribution >= 0.6 is 0 Å². The molecule has 0 fully saturated rings. The van der Waals surface area contributed by atoms with Gasteiger partial charge in [-0.05, 0) is 69.3 Å². The molecule has 2 aromatic rings. The average Bonchev–Trinajstić information content (AvgIpc) is 2.61. The van der Waals surface area contributed by atoms with Crippen molar-refractivity contribution in [2.75, 3.05) is 0 Å². The Kier molecular flexibility index (Phi) is 6.36. The second kappa shape index (κ2) is 8.38. The first-order chi connectivity index (χ1) is 13.4. The van der Waals surface area contributed by atoms with Gasteiger partial charge in [-0.15, -0.1) is 4.79 Å². The summed E-state index contributed by atoms with van der Waals surface area (Å²) in [7, 11) is -4.40. The Morgan fingerprint density at radius 1 is 0.931 bits per heavy atom. The van der Waals surface area contributed by atoms with E-state index in [1.165, 1.54) is 43.3 Å². The Morgan fingerprint density at radius 2 is 1.45 bits per heavy atom. The summed E-state index contributed by atoms with van der Waals surface area (Å²) in [5.74, 6) is -0.897. The van der Waals surface area contributed by atoms with Crippen molar-refractivity contribution in [2.24, 2.45) is 0 Å². The van der Waals surface area contributed by atoms with Crippen LogP contribution in [0.15, 0.2) is 53.4 Å². The molecule has 0 saturated carbocycles. The van der Waals surface area contributed by atoms with Crippen LogP contribution in [-0.2, 0) is 14.6 Å². The first kappa shape index (κ1) is 22.0. The number of sulfone groups is 1. The van der Waals surface area contributed by atoms with Crippen molar-refractivity contribution in [2.45, 2.75) is 38.2 Å². The minimum Gasteiger partial charge on any atom is -0.488 e. The number of carbonyl (C=O) groups excluding carboxylic acids is 2. The van der Waals surface area contributed by atoms with Crippen LogP contribution in [0.4, 0.5) is 0 Å². The number of Topliss-reactive ketones (excluding diaryl/α,β-unsaturated/α-hetero) is 1. The van der Waals surface area contributed by atoms with E-state index in [1.54, 1.807) is 0 Å². The summed E-state index contributed by atoms with van der Waals surface area (Å²) in [4.78, 5) is 26.0. The largest absolute Gasteiger partial charge is 0.488 e. The molecule has 0 spiro atoms. The third-order valence-corrected chi connectivity index (χ3v) is 5.14. The molecule has 0 unspecified atom stereocenters. The number of hydrogen-bond donors (Lipinski definition) is 0. The molecule has 0 aliphatic heterocycles. The van der Waals surface area contributed by atoms with Gasteiger partial charge >= 0.3 is 11.0 Å². The summed E-state index contributed by atoms with van der Waals surface area (Å²) in [6.07, 6.45) is 0. The molecule has 0 saturated heterocycles. The molecule has 0 radical (unpaired) electrons. The Balaban J connectivity index is 2.30. The van der Waals surface area contributed by atoms with Gasteiger partial charge in [-0.25, -0.2) is 8.42 Å². The maximum Gasteiger partial charge on any atom is 0.456 e. The van der Waals surface area contributed by atoms with E-state index >= 15 is 0 Å². The summed E-state index contributed by atoms with van der Waals surface area (Å²) in [6.45, 7) is 6.79. The highest BCUT2D eigenvalue weighted by molar-refractivity contribution is 8.08. The van der Waals surface area contributed by atoms with Crippen LogP contribution in [0, 0.1) is 0 Å². The number of esters is 1. The van der Waals surface area contributed by atoms with Gasteiger partial charge in [0.05, 0.1) is 4.90 Å². The smallest absolute Gasteiger partial charge is 0.456 e. The topological polar surface area (TPSA) is 123 Å². The zero-order valence-electron chi connectivity index (χ0n) is 16.4. The molecule has 0 aromatic heterocycles. The number of benzene rings is 2. The van der Waals surface area contributed by atoms with E-state index in [0.29, 0.717) is 5.75 Å². The molecule has 0 aliphatic rings. The van der Waals surface area contributed by atoms with Crippen molar-refractivity contribution in [3.8, 4) is 11.5 Å². The number of ether oxygens (including phenoxy) is 2. The van der Waals surface area contributed by atoms with Gasteiger partial charge in [-0.3, -0.25) is 9.59 Å². The minimum absolute atomic E-state index is 0.0131. The van der Waals surface area contributed by atoms with E-state index in [0.717, 1.165) is 12.1 Å². The van der Waals surface area contributed by atoms with Crippen molar-refractivity contribution < 1.29 is 32.3 Å². The number of rotatable bonds is 5. The van der Waals surface area contributed by atoms with Crippen LogP contribution in [-0.4, -0.2) is 35.6 Å². The fourth-order valence-corrected chi connectivity index (χ4v) is 3.52. The number of ketones is 1. The zero-order valence-corrected chi connectivity index (χ0v) is 17.2. The monoisotopic (exact) mass is 416 g/mol. The summed E-state index contributed by atoms with van der Waals surface area (Å²) < 4.78 is 35.9. The second-order valence-corrected chi connectivity index (χ2v) is 8.91. The zero-order chi connectivity index (χ0) is 21.8. The van der Waals surface area contributed by atoms with Crippen LogP contribution in [0.25, 0.3) is 5.53 Å². The quantitative estimate of drug-likeness (QED) is 0.140. The first-order valence-corrected chi connectivity index (χ1v) is 10.0. The van der Waals surface area contributed by atoms with E-state index in [9.17, 15) is 23.5 Å². The number of carbonyl (C=O) groups is 2. The fourth-order valence-electron chi connectivity index (χ4n) is 2.34. The highest BCUT2D eigenvalue weighted by Gasteiger charge is 2.38. The molecule has 0 amide bonds. The molecule has 9 heteroatoms. The Hall–Kier alpha value is -3.29. The summed E-state index contributed by atoms with van der Waals surface area (Å²) in [6, 6.07) is 10.6. The third-order valence-electron chi connectivity index (χ3n) is 3.48. The third kappa shape index (κ3) is 5.60. The van der Waals surface area contributed by atoms with E-state index in [-0.39, 0.29) is 16.2 Å². The van der Waals surface area contributed by atoms with E-state index in [4.69, 9.17) is 9.47 Å². The van der Waals surface area contributed by atoms with Gasteiger partial charge in [-0.1, -0.05) is 0 Å². The van der Waals surface area contributed by atoms with Gasteiger partial charge in [0.15, 0.2) is 0 Å². The van der Waals surface area contributed by atoms with Crippen LogP contribution < -0.4 is 9.47 Å². The fraction of sp³-hybridized carbons (Fsp3) is 0.250. The second-order valence-electron chi connectivity index (χ2n) is 7.04. The predicted octanol–water partition coefficient (Wildman–Crippen LogP) is 3.07. The van der Waals surface area contributed by atoms with Gasteiger partial charge in [0, 0.05) is 12.5 Å².